The number of nitrogens with zero attached hydrogens (tertiary/aromatic N) is 5. The monoisotopic (exact) mass is 488 g/mol. The topological polar surface area (TPSA) is 96.0 Å². The van der Waals surface area contributed by atoms with E-state index in [9.17, 15) is 14.7 Å². The summed E-state index contributed by atoms with van der Waals surface area (Å²) in [6, 6.07) is 9.12. The number of benzene rings is 2. The first-order valence-electron chi connectivity index (χ1n) is 12.8. The smallest absolute Gasteiger partial charge is 0.258 e. The second kappa shape index (κ2) is 9.22. The number of nitrogens with one attached hydrogen (secondary N) is 1. The highest BCUT2D eigenvalue weighted by molar-refractivity contribution is 6.01. The summed E-state index contributed by atoms with van der Waals surface area (Å²) in [5.41, 5.74) is 4.61. The zero-order valence-corrected chi connectivity index (χ0v) is 20.7. The van der Waals surface area contributed by atoms with E-state index < -0.39 is 0 Å². The summed E-state index contributed by atoms with van der Waals surface area (Å²) in [4.78, 5) is 34.7. The Morgan fingerprint density at radius 1 is 0.917 bits per heavy atom. The van der Waals surface area contributed by atoms with Crippen molar-refractivity contribution in [2.24, 2.45) is 0 Å². The molecule has 0 saturated carbocycles. The molecule has 0 bridgehead atoms. The molecule has 2 fully saturated rings. The molecule has 4 heterocycles. The maximum absolute atomic E-state index is 13.5. The number of hydrogen-bond donors (Lipinski definition) is 2. The van der Waals surface area contributed by atoms with Crippen molar-refractivity contribution in [3.63, 3.8) is 0 Å². The number of H-pyrrole nitrogens is 1. The maximum atomic E-state index is 13.5. The van der Waals surface area contributed by atoms with Crippen molar-refractivity contribution in [3.05, 3.63) is 58.3 Å². The minimum Gasteiger partial charge on any atom is -0.507 e. The van der Waals surface area contributed by atoms with Gasteiger partial charge in [0.05, 0.1) is 16.8 Å². The molecule has 0 unspecified atom stereocenters. The lowest BCUT2D eigenvalue weighted by Crippen LogP contribution is -2.47. The maximum Gasteiger partial charge on any atom is 0.258 e. The molecule has 2 N–H and O–H groups in total. The quantitative estimate of drug-likeness (QED) is 0.586. The zero-order chi connectivity index (χ0) is 24.8. The van der Waals surface area contributed by atoms with Gasteiger partial charge in [-0.2, -0.15) is 5.10 Å². The third-order valence-electron chi connectivity index (χ3n) is 7.81. The number of amides is 2. The second-order valence-electron chi connectivity index (χ2n) is 10.3. The molecule has 36 heavy (non-hydrogen) atoms. The van der Waals surface area contributed by atoms with Crippen LogP contribution in [0.15, 0.2) is 30.3 Å². The predicted molar refractivity (Wildman–Crippen MR) is 136 cm³/mol. The van der Waals surface area contributed by atoms with Gasteiger partial charge in [0.15, 0.2) is 0 Å². The van der Waals surface area contributed by atoms with Crippen LogP contribution in [0.1, 0.15) is 50.4 Å². The highest BCUT2D eigenvalue weighted by Crippen LogP contribution is 2.31. The number of likely N-dealkylation sites (N-methyl/N-ethyl adjacent to an activating group) is 1. The number of piperazine rings is 1. The lowest BCUT2D eigenvalue weighted by Gasteiger charge is -2.32. The standard InChI is InChI=1S/C27H32N6O3/c1-30-8-10-32(11-9-30)26(35)18-4-5-19-15-33(16-20(19)12-18)27(36)22-13-21-23(14-25(22)34)28-29-24(21)17-31-6-2-3-7-31/h4-5,12-14,34H,2-3,6-11,15-17H2,1H3,(H,28,29). The molecule has 2 amide bonds. The summed E-state index contributed by atoms with van der Waals surface area (Å²) in [6.45, 7) is 6.94. The average Bonchev–Trinajstić information content (AvgIpc) is 3.63. The molecule has 188 valence electrons. The van der Waals surface area contributed by atoms with Gasteiger partial charge in [0, 0.05) is 62.8 Å². The number of hydrogen-bond acceptors (Lipinski definition) is 6. The summed E-state index contributed by atoms with van der Waals surface area (Å²) < 4.78 is 0. The highest BCUT2D eigenvalue weighted by atomic mass is 16.3. The Labute approximate surface area is 210 Å². The molecule has 3 aliphatic heterocycles. The van der Waals surface area contributed by atoms with Gasteiger partial charge in [-0.05, 0) is 62.3 Å². The van der Waals surface area contributed by atoms with Crippen molar-refractivity contribution < 1.29 is 14.7 Å². The molecular weight excluding hydrogens is 456 g/mol. The van der Waals surface area contributed by atoms with E-state index in [0.29, 0.717) is 18.7 Å². The van der Waals surface area contributed by atoms with E-state index in [4.69, 9.17) is 0 Å². The number of fused-ring (bicyclic) bond motifs is 2. The molecule has 0 aliphatic carbocycles. The Balaban J connectivity index is 1.20. The Hall–Kier alpha value is -3.43. The van der Waals surface area contributed by atoms with Crippen molar-refractivity contribution in [2.45, 2.75) is 32.5 Å². The Bertz CT molecular complexity index is 1320. The van der Waals surface area contributed by atoms with Gasteiger partial charge < -0.3 is 19.8 Å². The summed E-state index contributed by atoms with van der Waals surface area (Å²) in [5.74, 6) is -0.221. The molecule has 0 spiro atoms. The molecule has 3 aromatic rings. The fourth-order valence-electron chi connectivity index (χ4n) is 5.59. The molecule has 9 heteroatoms. The van der Waals surface area contributed by atoms with Gasteiger partial charge in [0.1, 0.15) is 5.75 Å². The number of carbonyl (C=O) groups is 2. The number of rotatable bonds is 4. The summed E-state index contributed by atoms with van der Waals surface area (Å²) in [7, 11) is 2.07. The Morgan fingerprint density at radius 2 is 1.67 bits per heavy atom. The Morgan fingerprint density at radius 3 is 2.44 bits per heavy atom. The van der Waals surface area contributed by atoms with Crippen molar-refractivity contribution in [1.82, 2.24) is 29.8 Å². The highest BCUT2D eigenvalue weighted by Gasteiger charge is 2.29. The third kappa shape index (κ3) is 4.22. The summed E-state index contributed by atoms with van der Waals surface area (Å²) >= 11 is 0. The van der Waals surface area contributed by atoms with E-state index >= 15 is 0 Å². The summed E-state index contributed by atoms with van der Waals surface area (Å²) in [5, 5.41) is 19.0. The molecule has 0 atom stereocenters. The zero-order valence-electron chi connectivity index (χ0n) is 20.7. The minimum atomic E-state index is -0.217. The average molecular weight is 489 g/mol. The molecule has 2 saturated heterocycles. The molecule has 0 radical (unpaired) electrons. The number of carbonyl (C=O) groups excluding carboxylic acids is 2. The van der Waals surface area contributed by atoms with Gasteiger partial charge in [0.25, 0.3) is 11.8 Å². The van der Waals surface area contributed by atoms with Crippen LogP contribution in [0.2, 0.25) is 0 Å². The summed E-state index contributed by atoms with van der Waals surface area (Å²) in [6.07, 6.45) is 2.40. The lowest BCUT2D eigenvalue weighted by molar-refractivity contribution is 0.0663. The van der Waals surface area contributed by atoms with E-state index in [2.05, 4.69) is 27.0 Å². The van der Waals surface area contributed by atoms with E-state index in [1.165, 1.54) is 12.8 Å². The number of phenolic OH excluding ortho intramolecular Hbond substituents is 1. The van der Waals surface area contributed by atoms with Gasteiger partial charge in [-0.1, -0.05) is 6.07 Å². The van der Waals surface area contributed by atoms with Crippen LogP contribution in [0.3, 0.4) is 0 Å². The first kappa shape index (κ1) is 23.0. The first-order valence-corrected chi connectivity index (χ1v) is 12.8. The second-order valence-corrected chi connectivity index (χ2v) is 10.3. The van der Waals surface area contributed by atoms with E-state index in [-0.39, 0.29) is 23.1 Å². The van der Waals surface area contributed by atoms with Crippen LogP contribution in [0.4, 0.5) is 0 Å². The molecule has 2 aromatic carbocycles. The van der Waals surface area contributed by atoms with Gasteiger partial charge in [-0.25, -0.2) is 0 Å². The molecule has 9 nitrogen and oxygen atoms in total. The molecular formula is C27H32N6O3. The third-order valence-corrected chi connectivity index (χ3v) is 7.81. The SMILES string of the molecule is CN1CCN(C(=O)c2ccc3c(c2)CN(C(=O)c2cc4c(CN5CCCC5)n[nH]c4cc2O)C3)CC1. The van der Waals surface area contributed by atoms with Crippen LogP contribution in [0.25, 0.3) is 10.9 Å². The molecule has 3 aliphatic rings. The van der Waals surface area contributed by atoms with E-state index in [1.807, 2.05) is 23.1 Å². The van der Waals surface area contributed by atoms with Crippen molar-refractivity contribution in [3.8, 4) is 5.75 Å². The van der Waals surface area contributed by atoms with Crippen LogP contribution >= 0.6 is 0 Å². The number of aromatic amines is 1. The Kier molecular flexibility index (Phi) is 5.89. The van der Waals surface area contributed by atoms with Crippen LogP contribution in [0.5, 0.6) is 5.75 Å². The van der Waals surface area contributed by atoms with E-state index in [0.717, 1.165) is 73.5 Å². The van der Waals surface area contributed by atoms with E-state index in [1.54, 1.807) is 17.0 Å². The van der Waals surface area contributed by atoms with Gasteiger partial charge >= 0.3 is 0 Å². The number of aromatic nitrogens is 2. The fourth-order valence-corrected chi connectivity index (χ4v) is 5.59. The van der Waals surface area contributed by atoms with Crippen LogP contribution < -0.4 is 0 Å². The molecule has 1 aromatic heterocycles. The van der Waals surface area contributed by atoms with Crippen molar-refractivity contribution in [1.29, 1.82) is 0 Å². The first-order chi connectivity index (χ1) is 17.5. The minimum absolute atomic E-state index is 0.0456. The lowest BCUT2D eigenvalue weighted by atomic mass is 10.1. The fraction of sp³-hybridized carbons (Fsp3) is 0.444. The van der Waals surface area contributed by atoms with Gasteiger partial charge in [0.2, 0.25) is 0 Å². The number of aromatic hydroxyl groups is 1. The van der Waals surface area contributed by atoms with Crippen LogP contribution in [0, 0.1) is 0 Å². The van der Waals surface area contributed by atoms with Gasteiger partial charge in [-0.3, -0.25) is 19.6 Å². The van der Waals surface area contributed by atoms with Crippen LogP contribution in [-0.4, -0.2) is 93.0 Å². The normalized spacial score (nSPS) is 18.8. The van der Waals surface area contributed by atoms with Crippen molar-refractivity contribution in [2.75, 3.05) is 46.3 Å². The molecule has 6 rings (SSSR count). The number of likely N-dealkylation sites (tertiary alicyclic amines) is 1. The van der Waals surface area contributed by atoms with Gasteiger partial charge in [-0.15, -0.1) is 0 Å². The largest absolute Gasteiger partial charge is 0.507 e. The number of phenols is 1. The van der Waals surface area contributed by atoms with Crippen molar-refractivity contribution >= 4 is 22.7 Å². The van der Waals surface area contributed by atoms with Crippen LogP contribution in [-0.2, 0) is 19.6 Å². The predicted octanol–water partition coefficient (Wildman–Crippen LogP) is 2.41.